The highest BCUT2D eigenvalue weighted by molar-refractivity contribution is 5.70. The molecule has 1 saturated heterocycles. The first-order valence-corrected chi connectivity index (χ1v) is 13.8. The number of benzene rings is 2. The van der Waals surface area contributed by atoms with Gasteiger partial charge in [-0.2, -0.15) is 0 Å². The first-order valence-electron chi connectivity index (χ1n) is 13.8. The van der Waals surface area contributed by atoms with Crippen LogP contribution in [-0.4, -0.2) is 43.4 Å². The van der Waals surface area contributed by atoms with Crippen LogP contribution in [0.2, 0.25) is 0 Å². The Hall–Kier alpha value is -2.89. The smallest absolute Gasteiger partial charge is 0.410 e. The summed E-state index contributed by atoms with van der Waals surface area (Å²) in [6, 6.07) is 12.3. The van der Waals surface area contributed by atoms with E-state index in [1.54, 1.807) is 0 Å². The van der Waals surface area contributed by atoms with Gasteiger partial charge < -0.3 is 23.8 Å². The molecular weight excluding hydrogens is 454 g/mol. The maximum Gasteiger partial charge on any atom is 0.410 e. The summed E-state index contributed by atoms with van der Waals surface area (Å²) in [5.41, 5.74) is 3.68. The van der Waals surface area contributed by atoms with Crippen molar-refractivity contribution in [3.63, 3.8) is 0 Å². The van der Waals surface area contributed by atoms with Gasteiger partial charge in [-0.3, -0.25) is 0 Å². The van der Waals surface area contributed by atoms with Gasteiger partial charge in [-0.05, 0) is 55.2 Å². The van der Waals surface area contributed by atoms with Crippen molar-refractivity contribution in [3.05, 3.63) is 53.1 Å². The Morgan fingerprint density at radius 2 is 1.94 bits per heavy atom. The molecule has 2 aliphatic carbocycles. The van der Waals surface area contributed by atoms with Crippen molar-refractivity contribution in [2.24, 2.45) is 5.92 Å². The molecule has 2 aromatic carbocycles. The van der Waals surface area contributed by atoms with Crippen LogP contribution in [0.15, 0.2) is 36.4 Å². The van der Waals surface area contributed by atoms with Crippen molar-refractivity contribution in [2.45, 2.75) is 76.4 Å². The number of hydrogen-bond donors (Lipinski definition) is 0. The molecule has 6 rings (SSSR count). The maximum atomic E-state index is 13.4. The van der Waals surface area contributed by atoms with Crippen molar-refractivity contribution in [3.8, 4) is 17.2 Å². The Morgan fingerprint density at radius 3 is 2.78 bits per heavy atom. The first kappa shape index (κ1) is 23.5. The minimum Gasteiger partial charge on any atom is -0.490 e. The van der Waals surface area contributed by atoms with E-state index in [1.807, 2.05) is 35.2 Å². The van der Waals surface area contributed by atoms with Crippen LogP contribution in [-0.2, 0) is 23.2 Å². The number of likely N-dealkylation sites (tertiary alicyclic amines) is 1. The van der Waals surface area contributed by atoms with E-state index in [-0.39, 0.29) is 17.6 Å². The molecular formula is C30H37NO5. The standard InChI is InChI=1S/C30H37NO5/c1-2-3-15-33-26-19-24-22(27-28(26)35-17-16-34-27)18-25-23-11-7-8-12-30(23,24)13-14-31(25)29(32)36-20-21-9-5-4-6-10-21/h4-6,9-10,19,23,25H,2-3,7-8,11-18,20H2,1H3/t23-,25+,30+/m1/s1. The van der Waals surface area contributed by atoms with E-state index < -0.39 is 0 Å². The molecule has 2 bridgehead atoms. The highest BCUT2D eigenvalue weighted by Crippen LogP contribution is 2.60. The average Bonchev–Trinajstić information content (AvgIpc) is 2.93. The first-order chi connectivity index (χ1) is 17.7. The maximum absolute atomic E-state index is 13.4. The molecule has 0 spiro atoms. The van der Waals surface area contributed by atoms with Gasteiger partial charge in [0.05, 0.1) is 6.61 Å². The highest BCUT2D eigenvalue weighted by Gasteiger charge is 2.56. The van der Waals surface area contributed by atoms with Crippen molar-refractivity contribution >= 4 is 6.09 Å². The number of rotatable bonds is 6. The Kier molecular flexibility index (Phi) is 6.44. The summed E-state index contributed by atoms with van der Waals surface area (Å²) >= 11 is 0. The van der Waals surface area contributed by atoms with Gasteiger partial charge in [0.15, 0.2) is 11.5 Å². The Labute approximate surface area is 213 Å². The lowest BCUT2D eigenvalue weighted by atomic mass is 9.52. The largest absolute Gasteiger partial charge is 0.490 e. The van der Waals surface area contributed by atoms with Gasteiger partial charge in [-0.15, -0.1) is 0 Å². The predicted molar refractivity (Wildman–Crippen MR) is 137 cm³/mol. The van der Waals surface area contributed by atoms with Crippen molar-refractivity contribution in [1.29, 1.82) is 0 Å². The van der Waals surface area contributed by atoms with E-state index in [1.165, 1.54) is 24.0 Å². The van der Waals surface area contributed by atoms with Gasteiger partial charge in [0.2, 0.25) is 5.75 Å². The number of piperidine rings is 1. The van der Waals surface area contributed by atoms with Gasteiger partial charge in [-0.1, -0.05) is 56.5 Å². The summed E-state index contributed by atoms with van der Waals surface area (Å²) in [7, 11) is 0. The molecule has 1 amide bonds. The fraction of sp³-hybridized carbons (Fsp3) is 0.567. The average molecular weight is 492 g/mol. The van der Waals surface area contributed by atoms with Crippen LogP contribution in [0.1, 0.15) is 68.6 Å². The summed E-state index contributed by atoms with van der Waals surface area (Å²) in [6.07, 6.45) is 8.39. The molecule has 6 heteroatoms. The van der Waals surface area contributed by atoms with E-state index in [9.17, 15) is 4.79 Å². The van der Waals surface area contributed by atoms with Gasteiger partial charge in [0, 0.05) is 23.6 Å². The van der Waals surface area contributed by atoms with Gasteiger partial charge >= 0.3 is 6.09 Å². The zero-order valence-corrected chi connectivity index (χ0v) is 21.3. The third kappa shape index (κ3) is 3.99. The highest BCUT2D eigenvalue weighted by atomic mass is 16.6. The third-order valence-corrected chi connectivity index (χ3v) is 8.79. The lowest BCUT2D eigenvalue weighted by molar-refractivity contribution is -0.0147. The van der Waals surface area contributed by atoms with Gasteiger partial charge in [-0.25, -0.2) is 4.79 Å². The van der Waals surface area contributed by atoms with E-state index in [0.717, 1.165) is 67.9 Å². The lowest BCUT2D eigenvalue weighted by Gasteiger charge is -2.58. The molecule has 0 N–H and O–H groups in total. The number of unbranched alkanes of at least 4 members (excludes halogenated alkanes) is 1. The Morgan fingerprint density at radius 1 is 1.11 bits per heavy atom. The fourth-order valence-corrected chi connectivity index (χ4v) is 7.11. The molecule has 2 aliphatic heterocycles. The topological polar surface area (TPSA) is 57.2 Å². The molecule has 192 valence electrons. The van der Waals surface area contributed by atoms with Gasteiger partial charge in [0.25, 0.3) is 0 Å². The molecule has 2 fully saturated rings. The van der Waals surface area contributed by atoms with Crippen molar-refractivity contribution in [2.75, 3.05) is 26.4 Å². The molecule has 0 radical (unpaired) electrons. The molecule has 0 aromatic heterocycles. The van der Waals surface area contributed by atoms with E-state index in [0.29, 0.717) is 32.3 Å². The molecule has 1 saturated carbocycles. The Balaban J connectivity index is 1.34. The summed E-state index contributed by atoms with van der Waals surface area (Å²) in [6.45, 7) is 4.97. The number of fused-ring (bicyclic) bond motifs is 3. The zero-order chi connectivity index (χ0) is 24.5. The summed E-state index contributed by atoms with van der Waals surface area (Å²) in [5.74, 6) is 2.86. The van der Waals surface area contributed by atoms with Crippen LogP contribution >= 0.6 is 0 Å². The fourth-order valence-electron chi connectivity index (χ4n) is 7.11. The van der Waals surface area contributed by atoms with Crippen molar-refractivity contribution < 1.29 is 23.7 Å². The van der Waals surface area contributed by atoms with Crippen LogP contribution in [0.5, 0.6) is 17.2 Å². The number of hydrogen-bond acceptors (Lipinski definition) is 5. The van der Waals surface area contributed by atoms with E-state index in [4.69, 9.17) is 18.9 Å². The van der Waals surface area contributed by atoms with Crippen molar-refractivity contribution in [1.82, 2.24) is 4.90 Å². The van der Waals surface area contributed by atoms with E-state index >= 15 is 0 Å². The second-order valence-electron chi connectivity index (χ2n) is 10.7. The minimum atomic E-state index is -0.197. The van der Waals surface area contributed by atoms with Crippen LogP contribution < -0.4 is 14.2 Å². The lowest BCUT2D eigenvalue weighted by Crippen LogP contribution is -2.62. The quantitative estimate of drug-likeness (QED) is 0.462. The van der Waals surface area contributed by atoms with Crippen LogP contribution in [0.3, 0.4) is 0 Å². The van der Waals surface area contributed by atoms with Crippen LogP contribution in [0.4, 0.5) is 4.79 Å². The molecule has 3 atom stereocenters. The third-order valence-electron chi connectivity index (χ3n) is 8.79. The molecule has 6 nitrogen and oxygen atoms in total. The summed E-state index contributed by atoms with van der Waals surface area (Å²) in [4.78, 5) is 15.4. The van der Waals surface area contributed by atoms with Crippen LogP contribution in [0, 0.1) is 5.92 Å². The zero-order valence-electron chi connectivity index (χ0n) is 21.3. The Bertz CT molecular complexity index is 1100. The summed E-state index contributed by atoms with van der Waals surface area (Å²) < 4.78 is 24.5. The normalized spacial score (nSPS) is 26.0. The molecule has 4 aliphatic rings. The molecule has 0 unspecified atom stereocenters. The SMILES string of the molecule is CCCCOc1cc2c(c3c1OCCO3)C[C@H]1[C@H]3CCCC[C@@]23CCN1C(=O)OCc1ccccc1. The second-order valence-corrected chi connectivity index (χ2v) is 10.7. The number of amides is 1. The van der Waals surface area contributed by atoms with Gasteiger partial charge in [0.1, 0.15) is 19.8 Å². The summed E-state index contributed by atoms with van der Waals surface area (Å²) in [5, 5.41) is 0. The number of ether oxygens (including phenoxy) is 4. The molecule has 2 heterocycles. The number of carbonyl (C=O) groups is 1. The molecule has 2 aromatic rings. The van der Waals surface area contributed by atoms with Crippen LogP contribution in [0.25, 0.3) is 0 Å². The predicted octanol–water partition coefficient (Wildman–Crippen LogP) is 6.03. The monoisotopic (exact) mass is 491 g/mol. The second kappa shape index (κ2) is 9.87. The number of carbonyl (C=O) groups excluding carboxylic acids is 1. The van der Waals surface area contributed by atoms with E-state index in [2.05, 4.69) is 13.0 Å². The minimum absolute atomic E-state index is 0.0609. The molecule has 36 heavy (non-hydrogen) atoms. The number of nitrogens with zero attached hydrogens (tertiary/aromatic N) is 1.